The lowest BCUT2D eigenvalue weighted by Gasteiger charge is -2.01. The lowest BCUT2D eigenvalue weighted by Crippen LogP contribution is -2.05. The Morgan fingerprint density at radius 2 is 2.10 bits per heavy atom. The van der Waals surface area contributed by atoms with Crippen molar-refractivity contribution in [2.75, 3.05) is 0 Å². The first-order chi connectivity index (χ1) is 10.0. The molecule has 2 heterocycles. The number of cyclic esters (lactones) is 1. The van der Waals surface area contributed by atoms with Crippen molar-refractivity contribution in [1.29, 1.82) is 0 Å². The van der Waals surface area contributed by atoms with E-state index in [1.54, 1.807) is 24.3 Å². The molecule has 0 bridgehead atoms. The normalized spacial score (nSPS) is 16.2. The van der Waals surface area contributed by atoms with Gasteiger partial charge in [-0.1, -0.05) is 23.2 Å². The minimum absolute atomic E-state index is 0.205. The first kappa shape index (κ1) is 14.3. The number of hydrogen-bond acceptors (Lipinski definition) is 5. The lowest BCUT2D eigenvalue weighted by atomic mass is 10.2. The average Bonchev–Trinajstić information content (AvgIpc) is 3.00. The fraction of sp³-hybridized carbons (Fsp3) is 0.0714. The molecular weight excluding hydrogens is 331 g/mol. The highest BCUT2D eigenvalue weighted by Gasteiger charge is 2.24. The van der Waals surface area contributed by atoms with E-state index in [1.807, 2.05) is 12.3 Å². The van der Waals surface area contributed by atoms with Crippen LogP contribution in [0.4, 0.5) is 0 Å². The molecule has 0 radical (unpaired) electrons. The van der Waals surface area contributed by atoms with Gasteiger partial charge in [0.1, 0.15) is 0 Å². The van der Waals surface area contributed by atoms with Crippen molar-refractivity contribution >= 4 is 52.5 Å². The van der Waals surface area contributed by atoms with Crippen LogP contribution in [-0.2, 0) is 9.53 Å². The van der Waals surface area contributed by atoms with Crippen LogP contribution in [0.5, 0.6) is 0 Å². The van der Waals surface area contributed by atoms with Crippen molar-refractivity contribution in [3.05, 3.63) is 55.6 Å². The van der Waals surface area contributed by atoms with Crippen molar-refractivity contribution in [1.82, 2.24) is 4.98 Å². The maximum Gasteiger partial charge on any atom is 0.363 e. The zero-order chi connectivity index (χ0) is 15.0. The number of hydrogen-bond donors (Lipinski definition) is 0. The summed E-state index contributed by atoms with van der Waals surface area (Å²) in [5.41, 5.74) is 1.49. The summed E-state index contributed by atoms with van der Waals surface area (Å²) in [5, 5.41) is 3.57. The molecule has 0 atom stereocenters. The molecule has 0 saturated heterocycles. The monoisotopic (exact) mass is 338 g/mol. The third-order valence-corrected chi connectivity index (χ3v) is 4.24. The number of carbonyl (C=O) groups is 1. The van der Waals surface area contributed by atoms with E-state index in [1.165, 1.54) is 11.3 Å². The number of esters is 1. The summed E-state index contributed by atoms with van der Waals surface area (Å²) in [6, 6.07) is 4.92. The van der Waals surface area contributed by atoms with Crippen molar-refractivity contribution < 1.29 is 9.53 Å². The van der Waals surface area contributed by atoms with Crippen molar-refractivity contribution in [2.45, 2.75) is 6.92 Å². The van der Waals surface area contributed by atoms with Crippen LogP contribution >= 0.6 is 34.5 Å². The number of benzene rings is 1. The van der Waals surface area contributed by atoms with E-state index in [0.717, 1.165) is 5.01 Å². The van der Waals surface area contributed by atoms with E-state index in [4.69, 9.17) is 27.9 Å². The smallest absolute Gasteiger partial charge is 0.363 e. The zero-order valence-electron chi connectivity index (χ0n) is 10.8. The Kier molecular flexibility index (Phi) is 3.80. The molecule has 0 amide bonds. The Hall–Kier alpha value is -1.69. The molecule has 1 aliphatic rings. The topological polar surface area (TPSA) is 51.6 Å². The number of aliphatic imine (C=N–C) groups is 1. The summed E-state index contributed by atoms with van der Waals surface area (Å²) in [4.78, 5) is 20.3. The number of nitrogens with zero attached hydrogens (tertiary/aromatic N) is 2. The summed E-state index contributed by atoms with van der Waals surface area (Å²) >= 11 is 13.3. The van der Waals surface area contributed by atoms with Crippen molar-refractivity contribution in [3.63, 3.8) is 0 Å². The van der Waals surface area contributed by atoms with Gasteiger partial charge in [0.05, 0.1) is 20.7 Å². The molecule has 7 heteroatoms. The molecule has 1 aromatic carbocycles. The van der Waals surface area contributed by atoms with E-state index in [9.17, 15) is 4.79 Å². The SMILES string of the molecule is Cc1nc(/C=C2\N=C(c3ccc(Cl)c(Cl)c3)OC2=O)cs1. The van der Waals surface area contributed by atoms with Gasteiger partial charge in [0.15, 0.2) is 5.70 Å². The van der Waals surface area contributed by atoms with Gasteiger partial charge < -0.3 is 4.74 Å². The van der Waals surface area contributed by atoms with Gasteiger partial charge in [0, 0.05) is 10.9 Å². The van der Waals surface area contributed by atoms with Gasteiger partial charge in [0.25, 0.3) is 0 Å². The second-order valence-electron chi connectivity index (χ2n) is 4.26. The van der Waals surface area contributed by atoms with Crippen LogP contribution in [0, 0.1) is 6.92 Å². The Bertz CT molecular complexity index is 796. The molecule has 0 fully saturated rings. The van der Waals surface area contributed by atoms with Crippen LogP contribution in [0.1, 0.15) is 16.3 Å². The van der Waals surface area contributed by atoms with E-state index >= 15 is 0 Å². The van der Waals surface area contributed by atoms with Gasteiger partial charge in [-0.05, 0) is 31.2 Å². The number of rotatable bonds is 2. The van der Waals surface area contributed by atoms with Gasteiger partial charge in [-0.15, -0.1) is 11.3 Å². The van der Waals surface area contributed by atoms with E-state index < -0.39 is 5.97 Å². The minimum Gasteiger partial charge on any atom is -0.402 e. The first-order valence-corrected chi connectivity index (χ1v) is 7.56. The van der Waals surface area contributed by atoms with Crippen LogP contribution in [0.25, 0.3) is 6.08 Å². The molecular formula is C14H8Cl2N2O2S. The van der Waals surface area contributed by atoms with Crippen LogP contribution in [0.3, 0.4) is 0 Å². The molecule has 1 aliphatic heterocycles. The van der Waals surface area contributed by atoms with E-state index in [-0.39, 0.29) is 11.6 Å². The minimum atomic E-state index is -0.512. The van der Waals surface area contributed by atoms with E-state index in [0.29, 0.717) is 21.3 Å². The summed E-state index contributed by atoms with van der Waals surface area (Å²) in [5.74, 6) is -0.307. The predicted molar refractivity (Wildman–Crippen MR) is 83.9 cm³/mol. The number of ether oxygens (including phenoxy) is 1. The summed E-state index contributed by atoms with van der Waals surface area (Å²) in [6.07, 6.45) is 1.59. The van der Waals surface area contributed by atoms with Gasteiger partial charge in [-0.2, -0.15) is 0 Å². The Morgan fingerprint density at radius 3 is 2.76 bits per heavy atom. The van der Waals surface area contributed by atoms with Crippen LogP contribution in [0.15, 0.2) is 34.3 Å². The van der Waals surface area contributed by atoms with Crippen molar-refractivity contribution in [3.8, 4) is 0 Å². The second-order valence-corrected chi connectivity index (χ2v) is 6.13. The highest BCUT2D eigenvalue weighted by molar-refractivity contribution is 7.09. The molecule has 4 nitrogen and oxygen atoms in total. The Morgan fingerprint density at radius 1 is 1.29 bits per heavy atom. The second kappa shape index (κ2) is 5.60. The molecule has 0 saturated carbocycles. The first-order valence-electron chi connectivity index (χ1n) is 5.93. The lowest BCUT2D eigenvalue weighted by molar-refractivity contribution is -0.129. The summed E-state index contributed by atoms with van der Waals surface area (Å²) in [7, 11) is 0. The van der Waals surface area contributed by atoms with Crippen molar-refractivity contribution in [2.24, 2.45) is 4.99 Å². The zero-order valence-corrected chi connectivity index (χ0v) is 13.1. The molecule has 1 aromatic heterocycles. The number of aromatic nitrogens is 1. The molecule has 0 aliphatic carbocycles. The van der Waals surface area contributed by atoms with Gasteiger partial charge in [0.2, 0.25) is 5.90 Å². The highest BCUT2D eigenvalue weighted by Crippen LogP contribution is 2.25. The molecule has 0 N–H and O–H groups in total. The van der Waals surface area contributed by atoms with Gasteiger partial charge in [-0.3, -0.25) is 0 Å². The molecule has 0 spiro atoms. The maximum absolute atomic E-state index is 11.8. The fourth-order valence-electron chi connectivity index (χ4n) is 1.75. The Labute approximate surface area is 134 Å². The van der Waals surface area contributed by atoms with Gasteiger partial charge >= 0.3 is 5.97 Å². The predicted octanol–water partition coefficient (Wildman–Crippen LogP) is 4.10. The highest BCUT2D eigenvalue weighted by atomic mass is 35.5. The molecule has 3 rings (SSSR count). The number of aryl methyl sites for hydroxylation is 1. The standard InChI is InChI=1S/C14H8Cl2N2O2S/c1-7-17-9(6-21-7)5-12-14(19)20-13(18-12)8-2-3-10(15)11(16)4-8/h2-6H,1H3/b12-5-. The molecule has 0 unspecified atom stereocenters. The quantitative estimate of drug-likeness (QED) is 0.611. The summed E-state index contributed by atoms with van der Waals surface area (Å²) < 4.78 is 5.15. The third-order valence-electron chi connectivity index (χ3n) is 2.71. The number of thiazole rings is 1. The average molecular weight is 339 g/mol. The summed E-state index contributed by atoms with van der Waals surface area (Å²) in [6.45, 7) is 1.89. The fourth-order valence-corrected chi connectivity index (χ4v) is 2.62. The number of halogens is 2. The van der Waals surface area contributed by atoms with Crippen LogP contribution < -0.4 is 0 Å². The van der Waals surface area contributed by atoms with Crippen LogP contribution in [0.2, 0.25) is 10.0 Å². The Balaban J connectivity index is 1.95. The van der Waals surface area contributed by atoms with Gasteiger partial charge in [-0.25, -0.2) is 14.8 Å². The molecule has 106 valence electrons. The molecule has 2 aromatic rings. The largest absolute Gasteiger partial charge is 0.402 e. The molecule has 21 heavy (non-hydrogen) atoms. The van der Waals surface area contributed by atoms with Crippen LogP contribution in [-0.4, -0.2) is 16.9 Å². The third kappa shape index (κ3) is 3.00. The number of carbonyl (C=O) groups excluding carboxylic acids is 1. The maximum atomic E-state index is 11.8. The van der Waals surface area contributed by atoms with E-state index in [2.05, 4.69) is 9.98 Å².